The van der Waals surface area contributed by atoms with Crippen molar-refractivity contribution in [1.29, 1.82) is 0 Å². The average Bonchev–Trinajstić information content (AvgIpc) is 3.08. The first kappa shape index (κ1) is 15.3. The van der Waals surface area contributed by atoms with Crippen molar-refractivity contribution in [3.63, 3.8) is 0 Å². The molecule has 5 heteroatoms. The Morgan fingerprint density at radius 2 is 1.95 bits per heavy atom. The molecule has 1 saturated carbocycles. The fourth-order valence-electron chi connectivity index (χ4n) is 3.46. The average molecular weight is 303 g/mol. The van der Waals surface area contributed by atoms with Crippen molar-refractivity contribution in [2.75, 3.05) is 18.0 Å². The molecule has 1 saturated heterocycles. The number of aliphatic carboxylic acids is 1. The molecule has 120 valence electrons. The lowest BCUT2D eigenvalue weighted by atomic mass is 9.86. The number of anilines is 1. The summed E-state index contributed by atoms with van der Waals surface area (Å²) in [5.41, 5.74) is 1.20. The Bertz CT molecular complexity index is 489. The van der Waals surface area contributed by atoms with Gasteiger partial charge in [-0.2, -0.15) is 0 Å². The van der Waals surface area contributed by atoms with Gasteiger partial charge in [0.15, 0.2) is 0 Å². The molecule has 22 heavy (non-hydrogen) atoms. The number of carboxylic acid groups (broad SMARTS) is 1. The van der Waals surface area contributed by atoms with Crippen LogP contribution in [0.2, 0.25) is 0 Å². The standard InChI is InChI=1S/C17H25N3O2/c21-17(22)14-4-6-15(7-5-14)18-11-13-3-8-16(19-12-13)20-9-1-2-10-20/h3,8,12,14-15,18H,1-2,4-7,9-11H2,(H,21,22). The first-order valence-corrected chi connectivity index (χ1v) is 8.38. The highest BCUT2D eigenvalue weighted by molar-refractivity contribution is 5.70. The van der Waals surface area contributed by atoms with Gasteiger partial charge in [-0.25, -0.2) is 4.98 Å². The van der Waals surface area contributed by atoms with Crippen LogP contribution in [0.4, 0.5) is 5.82 Å². The van der Waals surface area contributed by atoms with Crippen molar-refractivity contribution in [3.8, 4) is 0 Å². The number of hydrogen-bond donors (Lipinski definition) is 2. The van der Waals surface area contributed by atoms with E-state index in [1.165, 1.54) is 18.4 Å². The van der Waals surface area contributed by atoms with Gasteiger partial charge in [0.25, 0.3) is 0 Å². The second-order valence-corrected chi connectivity index (χ2v) is 6.49. The molecule has 2 fully saturated rings. The van der Waals surface area contributed by atoms with Crippen molar-refractivity contribution < 1.29 is 9.90 Å². The van der Waals surface area contributed by atoms with Crippen molar-refractivity contribution in [2.45, 2.75) is 51.1 Å². The lowest BCUT2D eigenvalue weighted by Gasteiger charge is -2.27. The maximum Gasteiger partial charge on any atom is 0.306 e. The summed E-state index contributed by atoms with van der Waals surface area (Å²) in [6, 6.07) is 4.70. The van der Waals surface area contributed by atoms with E-state index in [0.717, 1.165) is 51.1 Å². The third kappa shape index (κ3) is 3.77. The van der Waals surface area contributed by atoms with E-state index in [-0.39, 0.29) is 5.92 Å². The van der Waals surface area contributed by atoms with Crippen LogP contribution in [-0.4, -0.2) is 35.2 Å². The third-order valence-electron chi connectivity index (χ3n) is 4.91. The van der Waals surface area contributed by atoms with Crippen LogP contribution in [0.1, 0.15) is 44.1 Å². The predicted octanol–water partition coefficient (Wildman–Crippen LogP) is 2.41. The second-order valence-electron chi connectivity index (χ2n) is 6.49. The number of aromatic nitrogens is 1. The van der Waals surface area contributed by atoms with E-state index >= 15 is 0 Å². The number of hydrogen-bond acceptors (Lipinski definition) is 4. The van der Waals surface area contributed by atoms with E-state index in [1.807, 2.05) is 6.20 Å². The van der Waals surface area contributed by atoms with Crippen LogP contribution < -0.4 is 10.2 Å². The predicted molar refractivity (Wildman–Crippen MR) is 85.9 cm³/mol. The molecule has 0 bridgehead atoms. The quantitative estimate of drug-likeness (QED) is 0.874. The molecular weight excluding hydrogens is 278 g/mol. The molecule has 0 aromatic carbocycles. The molecule has 1 aliphatic heterocycles. The van der Waals surface area contributed by atoms with Crippen LogP contribution in [0.25, 0.3) is 0 Å². The van der Waals surface area contributed by atoms with Crippen LogP contribution in [0.3, 0.4) is 0 Å². The zero-order valence-electron chi connectivity index (χ0n) is 13.0. The Kier molecular flexibility index (Phi) is 4.93. The number of carboxylic acids is 1. The summed E-state index contributed by atoms with van der Waals surface area (Å²) in [5.74, 6) is 0.308. The molecule has 5 nitrogen and oxygen atoms in total. The van der Waals surface area contributed by atoms with Gasteiger partial charge in [-0.15, -0.1) is 0 Å². The molecule has 3 rings (SSSR count). The molecule has 1 aliphatic carbocycles. The Hall–Kier alpha value is -1.62. The van der Waals surface area contributed by atoms with E-state index in [2.05, 4.69) is 27.3 Å². The Morgan fingerprint density at radius 1 is 1.23 bits per heavy atom. The summed E-state index contributed by atoms with van der Waals surface area (Å²) >= 11 is 0. The number of nitrogens with zero attached hydrogens (tertiary/aromatic N) is 2. The smallest absolute Gasteiger partial charge is 0.306 e. The minimum Gasteiger partial charge on any atom is -0.481 e. The van der Waals surface area contributed by atoms with Crippen LogP contribution in [0.15, 0.2) is 18.3 Å². The van der Waals surface area contributed by atoms with Gasteiger partial charge in [-0.3, -0.25) is 4.79 Å². The summed E-state index contributed by atoms with van der Waals surface area (Å²) < 4.78 is 0. The van der Waals surface area contributed by atoms with Gasteiger partial charge in [-0.1, -0.05) is 6.07 Å². The van der Waals surface area contributed by atoms with Gasteiger partial charge >= 0.3 is 5.97 Å². The van der Waals surface area contributed by atoms with Crippen molar-refractivity contribution in [2.24, 2.45) is 5.92 Å². The lowest BCUT2D eigenvalue weighted by Crippen LogP contribution is -2.34. The number of rotatable bonds is 5. The second kappa shape index (κ2) is 7.09. The van der Waals surface area contributed by atoms with E-state index in [0.29, 0.717) is 6.04 Å². The molecule has 2 aliphatic rings. The fraction of sp³-hybridized carbons (Fsp3) is 0.647. The van der Waals surface area contributed by atoms with Crippen LogP contribution in [0, 0.1) is 5.92 Å². The normalized spacial score (nSPS) is 25.4. The highest BCUT2D eigenvalue weighted by Crippen LogP contribution is 2.24. The van der Waals surface area contributed by atoms with Crippen molar-refractivity contribution >= 4 is 11.8 Å². The highest BCUT2D eigenvalue weighted by Gasteiger charge is 2.25. The monoisotopic (exact) mass is 303 g/mol. The number of carbonyl (C=O) groups is 1. The first-order chi connectivity index (χ1) is 10.7. The minimum atomic E-state index is -0.639. The fourth-order valence-corrected chi connectivity index (χ4v) is 3.46. The molecule has 0 amide bonds. The lowest BCUT2D eigenvalue weighted by molar-refractivity contribution is -0.142. The largest absolute Gasteiger partial charge is 0.481 e. The van der Waals surface area contributed by atoms with Gasteiger partial charge in [0.1, 0.15) is 5.82 Å². The first-order valence-electron chi connectivity index (χ1n) is 8.38. The molecule has 0 unspecified atom stereocenters. The maximum absolute atomic E-state index is 10.9. The number of nitrogens with one attached hydrogen (secondary N) is 1. The summed E-state index contributed by atoms with van der Waals surface area (Å²) in [5, 5.41) is 12.6. The van der Waals surface area contributed by atoms with Crippen molar-refractivity contribution in [1.82, 2.24) is 10.3 Å². The van der Waals surface area contributed by atoms with Crippen LogP contribution in [0.5, 0.6) is 0 Å². The summed E-state index contributed by atoms with van der Waals surface area (Å²) in [7, 11) is 0. The SMILES string of the molecule is O=C(O)C1CCC(NCc2ccc(N3CCCC3)nc2)CC1. The molecular formula is C17H25N3O2. The highest BCUT2D eigenvalue weighted by atomic mass is 16.4. The minimum absolute atomic E-state index is 0.139. The Balaban J connectivity index is 1.45. The maximum atomic E-state index is 10.9. The van der Waals surface area contributed by atoms with Crippen LogP contribution in [-0.2, 0) is 11.3 Å². The molecule has 2 heterocycles. The summed E-state index contributed by atoms with van der Waals surface area (Å²) in [6.07, 6.45) is 7.99. The zero-order valence-corrected chi connectivity index (χ0v) is 13.0. The Morgan fingerprint density at radius 3 is 2.55 bits per heavy atom. The van der Waals surface area contributed by atoms with Gasteiger partial charge < -0.3 is 15.3 Å². The third-order valence-corrected chi connectivity index (χ3v) is 4.91. The Labute approximate surface area is 131 Å². The van der Waals surface area contributed by atoms with Gasteiger partial charge in [-0.05, 0) is 50.2 Å². The van der Waals surface area contributed by atoms with Gasteiger partial charge in [0, 0.05) is 31.9 Å². The summed E-state index contributed by atoms with van der Waals surface area (Å²) in [6.45, 7) is 3.06. The molecule has 1 aromatic heterocycles. The van der Waals surface area contributed by atoms with Crippen molar-refractivity contribution in [3.05, 3.63) is 23.9 Å². The molecule has 1 aromatic rings. The molecule has 0 radical (unpaired) electrons. The molecule has 0 atom stereocenters. The van der Waals surface area contributed by atoms with Crippen LogP contribution >= 0.6 is 0 Å². The topological polar surface area (TPSA) is 65.5 Å². The molecule has 2 N–H and O–H groups in total. The van der Waals surface area contributed by atoms with E-state index in [4.69, 9.17) is 5.11 Å². The van der Waals surface area contributed by atoms with Gasteiger partial charge in [0.2, 0.25) is 0 Å². The summed E-state index contributed by atoms with van der Waals surface area (Å²) in [4.78, 5) is 17.9. The van der Waals surface area contributed by atoms with E-state index < -0.39 is 5.97 Å². The van der Waals surface area contributed by atoms with Gasteiger partial charge in [0.05, 0.1) is 5.92 Å². The van der Waals surface area contributed by atoms with E-state index in [9.17, 15) is 4.79 Å². The van der Waals surface area contributed by atoms with E-state index in [1.54, 1.807) is 0 Å². The number of pyridine rings is 1. The zero-order chi connectivity index (χ0) is 15.4. The molecule has 0 spiro atoms.